The minimum Gasteiger partial charge on any atom is -0.481 e. The van der Waals surface area contributed by atoms with Crippen LogP contribution in [0.25, 0.3) is 0 Å². The van der Waals surface area contributed by atoms with Gasteiger partial charge in [-0.15, -0.1) is 11.3 Å². The molecule has 0 aliphatic heterocycles. The minimum absolute atomic E-state index is 0.0951. The monoisotopic (exact) mass is 217 g/mol. The normalized spacial score (nSPS) is 10.3. The summed E-state index contributed by atoms with van der Waals surface area (Å²) < 4.78 is 0. The zero-order chi connectivity index (χ0) is 9.84. The van der Waals surface area contributed by atoms with Crippen LogP contribution in [-0.2, 0) is 17.0 Å². The summed E-state index contributed by atoms with van der Waals surface area (Å²) in [6.45, 7) is 1.86. The fourth-order valence-electron chi connectivity index (χ4n) is 0.975. The van der Waals surface area contributed by atoms with Crippen molar-refractivity contribution in [3.63, 3.8) is 0 Å². The highest BCUT2D eigenvalue weighted by Gasteiger charge is 2.09. The lowest BCUT2D eigenvalue weighted by molar-refractivity contribution is -0.136. The Morgan fingerprint density at radius 3 is 2.92 bits per heavy atom. The Balaban J connectivity index is 2.77. The van der Waals surface area contributed by atoms with E-state index in [1.54, 1.807) is 11.8 Å². The molecule has 0 aliphatic rings. The summed E-state index contributed by atoms with van der Waals surface area (Å²) in [4.78, 5) is 15.6. The van der Waals surface area contributed by atoms with E-state index in [0.717, 1.165) is 21.3 Å². The first-order chi connectivity index (χ1) is 6.13. The van der Waals surface area contributed by atoms with Gasteiger partial charge in [0.1, 0.15) is 5.01 Å². The van der Waals surface area contributed by atoms with Gasteiger partial charge in [-0.05, 0) is 13.2 Å². The molecule has 13 heavy (non-hydrogen) atoms. The van der Waals surface area contributed by atoms with Gasteiger partial charge in [-0.1, -0.05) is 0 Å². The molecule has 1 rings (SSSR count). The molecule has 0 aliphatic carbocycles. The molecular weight excluding hydrogens is 206 g/mol. The second-order valence-corrected chi connectivity index (χ2v) is 4.65. The number of rotatable bonds is 4. The maximum Gasteiger partial charge on any atom is 0.308 e. The number of aliphatic carboxylic acids is 1. The van der Waals surface area contributed by atoms with Gasteiger partial charge >= 0.3 is 5.97 Å². The molecule has 0 atom stereocenters. The van der Waals surface area contributed by atoms with Crippen LogP contribution in [0.4, 0.5) is 0 Å². The Bertz CT molecular complexity index is 309. The third-order valence-electron chi connectivity index (χ3n) is 1.52. The van der Waals surface area contributed by atoms with Crippen molar-refractivity contribution >= 4 is 29.1 Å². The van der Waals surface area contributed by atoms with Gasteiger partial charge < -0.3 is 5.11 Å². The highest BCUT2D eigenvalue weighted by atomic mass is 32.2. The zero-order valence-electron chi connectivity index (χ0n) is 7.53. The zero-order valence-corrected chi connectivity index (χ0v) is 9.17. The highest BCUT2D eigenvalue weighted by Crippen LogP contribution is 2.21. The molecule has 1 aromatic heterocycles. The standard InChI is InChI=1S/C8H11NO2S2/c1-5-6(3-8(10)11)13-7(9-5)4-12-2/h3-4H2,1-2H3,(H,10,11). The fraction of sp³-hybridized carbons (Fsp3) is 0.500. The summed E-state index contributed by atoms with van der Waals surface area (Å²) in [7, 11) is 0. The van der Waals surface area contributed by atoms with Gasteiger partial charge in [0, 0.05) is 10.6 Å². The van der Waals surface area contributed by atoms with E-state index in [9.17, 15) is 4.79 Å². The molecule has 0 saturated heterocycles. The van der Waals surface area contributed by atoms with E-state index in [1.807, 2.05) is 13.2 Å². The van der Waals surface area contributed by atoms with Crippen molar-refractivity contribution in [3.05, 3.63) is 15.6 Å². The van der Waals surface area contributed by atoms with Crippen LogP contribution < -0.4 is 0 Å². The molecule has 0 fully saturated rings. The van der Waals surface area contributed by atoms with Crippen LogP contribution in [0.3, 0.4) is 0 Å². The molecule has 0 bridgehead atoms. The first-order valence-corrected chi connectivity index (χ1v) is 6.00. The molecule has 1 aromatic rings. The molecule has 0 unspecified atom stereocenters. The molecule has 0 radical (unpaired) electrons. The third-order valence-corrected chi connectivity index (χ3v) is 3.42. The van der Waals surface area contributed by atoms with Gasteiger partial charge in [0.25, 0.3) is 0 Å². The summed E-state index contributed by atoms with van der Waals surface area (Å²) in [6.07, 6.45) is 2.10. The van der Waals surface area contributed by atoms with Crippen molar-refractivity contribution in [2.75, 3.05) is 6.26 Å². The van der Waals surface area contributed by atoms with Crippen LogP contribution in [0.1, 0.15) is 15.6 Å². The third kappa shape index (κ3) is 3.00. The first-order valence-electron chi connectivity index (χ1n) is 3.79. The minimum atomic E-state index is -0.789. The number of aryl methyl sites for hydroxylation is 1. The van der Waals surface area contributed by atoms with Gasteiger partial charge in [-0.25, -0.2) is 4.98 Å². The number of thioether (sulfide) groups is 1. The second kappa shape index (κ2) is 4.62. The lowest BCUT2D eigenvalue weighted by Gasteiger charge is -1.89. The number of hydrogen-bond acceptors (Lipinski definition) is 4. The van der Waals surface area contributed by atoms with E-state index >= 15 is 0 Å². The number of aromatic nitrogens is 1. The van der Waals surface area contributed by atoms with E-state index in [-0.39, 0.29) is 6.42 Å². The highest BCUT2D eigenvalue weighted by molar-refractivity contribution is 7.97. The summed E-state index contributed by atoms with van der Waals surface area (Å²) >= 11 is 3.20. The number of carboxylic acids is 1. The molecule has 1 heterocycles. The predicted molar refractivity (Wildman–Crippen MR) is 55.4 cm³/mol. The molecule has 0 saturated carbocycles. The Kier molecular flexibility index (Phi) is 3.74. The number of carbonyl (C=O) groups is 1. The first kappa shape index (κ1) is 10.5. The van der Waals surface area contributed by atoms with Crippen LogP contribution >= 0.6 is 23.1 Å². The maximum absolute atomic E-state index is 10.5. The van der Waals surface area contributed by atoms with Gasteiger partial charge in [0.05, 0.1) is 12.1 Å². The molecule has 0 amide bonds. The van der Waals surface area contributed by atoms with Gasteiger partial charge in [0.2, 0.25) is 0 Å². The summed E-state index contributed by atoms with van der Waals surface area (Å²) in [5.41, 5.74) is 0.858. The van der Waals surface area contributed by atoms with Crippen molar-refractivity contribution in [2.45, 2.75) is 19.1 Å². The average molecular weight is 217 g/mol. The van der Waals surface area contributed by atoms with Crippen LogP contribution in [0.5, 0.6) is 0 Å². The van der Waals surface area contributed by atoms with Crippen LogP contribution in [-0.4, -0.2) is 22.3 Å². The fourth-order valence-corrected chi connectivity index (χ4v) is 2.73. The lowest BCUT2D eigenvalue weighted by Crippen LogP contribution is -1.99. The lowest BCUT2D eigenvalue weighted by atomic mass is 10.3. The van der Waals surface area contributed by atoms with E-state index in [4.69, 9.17) is 5.11 Å². The van der Waals surface area contributed by atoms with E-state index in [2.05, 4.69) is 4.98 Å². The largest absolute Gasteiger partial charge is 0.481 e. The van der Waals surface area contributed by atoms with Crippen molar-refractivity contribution in [2.24, 2.45) is 0 Å². The van der Waals surface area contributed by atoms with Gasteiger partial charge in [-0.2, -0.15) is 11.8 Å². The number of carboxylic acid groups (broad SMARTS) is 1. The summed E-state index contributed by atoms with van der Waals surface area (Å²) in [5.74, 6) is 0.0768. The number of hydrogen-bond donors (Lipinski definition) is 1. The SMILES string of the molecule is CSCc1nc(C)c(CC(=O)O)s1. The quantitative estimate of drug-likeness (QED) is 0.837. The molecule has 0 spiro atoms. The predicted octanol–water partition coefficient (Wildman–Crippen LogP) is 1.94. The van der Waals surface area contributed by atoms with Crippen molar-refractivity contribution < 1.29 is 9.90 Å². The Morgan fingerprint density at radius 2 is 2.38 bits per heavy atom. The molecule has 0 aromatic carbocycles. The molecule has 72 valence electrons. The second-order valence-electron chi connectivity index (χ2n) is 2.62. The van der Waals surface area contributed by atoms with Crippen LogP contribution in [0.15, 0.2) is 0 Å². The Labute approximate surface area is 85.2 Å². The molecule has 1 N–H and O–H groups in total. The Hall–Kier alpha value is -0.550. The van der Waals surface area contributed by atoms with E-state index in [0.29, 0.717) is 0 Å². The van der Waals surface area contributed by atoms with Crippen molar-refractivity contribution in [1.29, 1.82) is 0 Å². The van der Waals surface area contributed by atoms with Crippen LogP contribution in [0, 0.1) is 6.92 Å². The summed E-state index contributed by atoms with van der Waals surface area (Å²) in [6, 6.07) is 0. The smallest absolute Gasteiger partial charge is 0.308 e. The Morgan fingerprint density at radius 1 is 1.69 bits per heavy atom. The summed E-state index contributed by atoms with van der Waals surface area (Å²) in [5, 5.41) is 9.62. The maximum atomic E-state index is 10.5. The number of nitrogens with zero attached hydrogens (tertiary/aromatic N) is 1. The van der Waals surface area contributed by atoms with Crippen LogP contribution in [0.2, 0.25) is 0 Å². The van der Waals surface area contributed by atoms with Gasteiger partial charge in [0.15, 0.2) is 0 Å². The topological polar surface area (TPSA) is 50.2 Å². The molecule has 3 nitrogen and oxygen atoms in total. The van der Waals surface area contributed by atoms with E-state index < -0.39 is 5.97 Å². The van der Waals surface area contributed by atoms with E-state index in [1.165, 1.54) is 11.3 Å². The number of thiazole rings is 1. The molecular formula is C8H11NO2S2. The molecule has 5 heteroatoms. The van der Waals surface area contributed by atoms with Crippen molar-refractivity contribution in [3.8, 4) is 0 Å². The average Bonchev–Trinajstić information content (AvgIpc) is 2.31. The van der Waals surface area contributed by atoms with Crippen molar-refractivity contribution in [1.82, 2.24) is 4.98 Å². The van der Waals surface area contributed by atoms with Gasteiger partial charge in [-0.3, -0.25) is 4.79 Å².